The largest absolute Gasteiger partial charge is 0.479 e. The number of nitrogens with two attached hydrogens (primary N) is 1. The van der Waals surface area contributed by atoms with Crippen LogP contribution in [0.5, 0.6) is 5.88 Å². The van der Waals surface area contributed by atoms with E-state index < -0.39 is 17.6 Å². The van der Waals surface area contributed by atoms with Crippen LogP contribution in [-0.4, -0.2) is 17.1 Å². The minimum absolute atomic E-state index is 0. The monoisotopic (exact) mass is 287 g/mol. The van der Waals surface area contributed by atoms with Crippen molar-refractivity contribution >= 4 is 0 Å². The molecule has 0 radical (unpaired) electrons. The van der Waals surface area contributed by atoms with Crippen LogP contribution in [0, 0.1) is 17.6 Å². The van der Waals surface area contributed by atoms with Crippen LogP contribution >= 0.6 is 0 Å². The van der Waals surface area contributed by atoms with Gasteiger partial charge in [-0.15, -0.1) is 0 Å². The number of pyridine rings is 2. The molecule has 0 saturated heterocycles. The molecule has 2 aromatic heterocycles. The van der Waals surface area contributed by atoms with Gasteiger partial charge >= 0.3 is 0 Å². The summed E-state index contributed by atoms with van der Waals surface area (Å²) in [6.07, 6.45) is 2.68. The molecule has 0 aliphatic heterocycles. The number of rotatable bonds is 2. The lowest BCUT2D eigenvalue weighted by Crippen LogP contribution is -1.99. The number of aromatic nitrogens is 2. The molecule has 110 valence electrons. The molecule has 0 aliphatic carbocycles. The minimum Gasteiger partial charge on any atom is -0.479 e. The molecule has 2 rings (SSSR count). The Kier molecular flexibility index (Phi) is 7.91. The predicted octanol–water partition coefficient (Wildman–Crippen LogP) is 2.68. The Hall–Kier alpha value is -2.15. The molecule has 2 aromatic rings. The van der Waals surface area contributed by atoms with Gasteiger partial charge in [0.05, 0.1) is 7.11 Å². The molecule has 0 unspecified atom stereocenters. The Morgan fingerprint density at radius 3 is 2.30 bits per heavy atom. The van der Waals surface area contributed by atoms with E-state index in [2.05, 4.69) is 14.7 Å². The van der Waals surface area contributed by atoms with Crippen LogP contribution < -0.4 is 10.5 Å². The zero-order valence-corrected chi connectivity index (χ0v) is 10.1. The molecule has 7 heteroatoms. The van der Waals surface area contributed by atoms with E-state index in [1.807, 2.05) is 0 Å². The van der Waals surface area contributed by atoms with E-state index in [1.165, 1.54) is 31.6 Å². The molecular formula is C13H16F3N3O. The average molecular weight is 287 g/mol. The fraction of sp³-hybridized carbons (Fsp3) is 0.231. The standard InChI is InChI=1S/C7H9FN2O.C5H3F2N.CH4/c1-11-7-6(8)2-5(3-9)4-10-7;6-4-2-1-3-8-5(4)7;/h2,4H,3,9H2,1H3;1-3H;1H4. The first-order chi connectivity index (χ1) is 9.08. The van der Waals surface area contributed by atoms with Crippen molar-refractivity contribution in [1.29, 1.82) is 0 Å². The van der Waals surface area contributed by atoms with E-state index in [-0.39, 0.29) is 19.9 Å². The van der Waals surface area contributed by atoms with E-state index in [0.717, 1.165) is 6.07 Å². The number of hydrogen-bond acceptors (Lipinski definition) is 4. The van der Waals surface area contributed by atoms with Gasteiger partial charge in [-0.25, -0.2) is 18.7 Å². The maximum Gasteiger partial charge on any atom is 0.250 e. The number of halogens is 3. The highest BCUT2D eigenvalue weighted by molar-refractivity contribution is 5.19. The summed E-state index contributed by atoms with van der Waals surface area (Å²) in [4.78, 5) is 6.73. The van der Waals surface area contributed by atoms with Gasteiger partial charge < -0.3 is 10.5 Å². The lowest BCUT2D eigenvalue weighted by Gasteiger charge is -2.00. The smallest absolute Gasteiger partial charge is 0.250 e. The van der Waals surface area contributed by atoms with Crippen LogP contribution in [-0.2, 0) is 6.54 Å². The van der Waals surface area contributed by atoms with E-state index in [1.54, 1.807) is 0 Å². The maximum absolute atomic E-state index is 12.8. The van der Waals surface area contributed by atoms with Gasteiger partial charge in [0.25, 0.3) is 0 Å². The Balaban J connectivity index is 0.000000359. The number of methoxy groups -OCH3 is 1. The van der Waals surface area contributed by atoms with E-state index in [0.29, 0.717) is 5.56 Å². The fourth-order valence-corrected chi connectivity index (χ4v) is 1.09. The summed E-state index contributed by atoms with van der Waals surface area (Å²) in [6.45, 7) is 0.286. The van der Waals surface area contributed by atoms with Crippen molar-refractivity contribution in [3.05, 3.63) is 53.7 Å². The highest BCUT2D eigenvalue weighted by Gasteiger charge is 2.02. The predicted molar refractivity (Wildman–Crippen MR) is 69.5 cm³/mol. The third-order valence-corrected chi connectivity index (χ3v) is 2.01. The molecule has 20 heavy (non-hydrogen) atoms. The maximum atomic E-state index is 12.8. The van der Waals surface area contributed by atoms with Crippen molar-refractivity contribution < 1.29 is 17.9 Å². The van der Waals surface area contributed by atoms with Gasteiger partial charge in [0.2, 0.25) is 11.8 Å². The van der Waals surface area contributed by atoms with Gasteiger partial charge in [-0.05, 0) is 23.8 Å². The van der Waals surface area contributed by atoms with E-state index in [4.69, 9.17) is 5.73 Å². The molecule has 2 heterocycles. The molecular weight excluding hydrogens is 271 g/mol. The van der Waals surface area contributed by atoms with Gasteiger partial charge in [0, 0.05) is 18.9 Å². The quantitative estimate of drug-likeness (QED) is 0.863. The van der Waals surface area contributed by atoms with Crippen molar-refractivity contribution in [3.8, 4) is 5.88 Å². The molecule has 0 amide bonds. The van der Waals surface area contributed by atoms with Gasteiger partial charge in [-0.2, -0.15) is 4.39 Å². The Morgan fingerprint density at radius 1 is 1.20 bits per heavy atom. The molecule has 4 nitrogen and oxygen atoms in total. The first-order valence-corrected chi connectivity index (χ1v) is 5.23. The third-order valence-electron chi connectivity index (χ3n) is 2.01. The van der Waals surface area contributed by atoms with Gasteiger partial charge in [-0.1, -0.05) is 7.43 Å². The summed E-state index contributed by atoms with van der Waals surface area (Å²) < 4.78 is 41.1. The summed E-state index contributed by atoms with van der Waals surface area (Å²) >= 11 is 0. The zero-order chi connectivity index (χ0) is 14.3. The number of ether oxygens (including phenoxy) is 1. The second kappa shape index (κ2) is 8.87. The Morgan fingerprint density at radius 2 is 1.90 bits per heavy atom. The minimum atomic E-state index is -1.05. The van der Waals surface area contributed by atoms with Gasteiger partial charge in [0.15, 0.2) is 11.6 Å². The lowest BCUT2D eigenvalue weighted by atomic mass is 10.3. The molecule has 2 N–H and O–H groups in total. The number of nitrogens with zero attached hydrogens (tertiary/aromatic N) is 2. The van der Waals surface area contributed by atoms with Crippen molar-refractivity contribution in [3.63, 3.8) is 0 Å². The first kappa shape index (κ1) is 17.8. The van der Waals surface area contributed by atoms with Crippen LogP contribution in [0.15, 0.2) is 30.6 Å². The second-order valence-electron chi connectivity index (χ2n) is 3.31. The molecule has 0 bridgehead atoms. The molecule has 0 atom stereocenters. The summed E-state index contributed by atoms with van der Waals surface area (Å²) in [7, 11) is 1.37. The first-order valence-electron chi connectivity index (χ1n) is 5.23. The average Bonchev–Trinajstić information content (AvgIpc) is 2.42. The zero-order valence-electron chi connectivity index (χ0n) is 10.1. The molecule has 0 aromatic carbocycles. The van der Waals surface area contributed by atoms with Gasteiger partial charge in [-0.3, -0.25) is 0 Å². The summed E-state index contributed by atoms with van der Waals surface area (Å²) in [5, 5.41) is 0. The Labute approximate surface area is 115 Å². The second-order valence-corrected chi connectivity index (χ2v) is 3.31. The summed E-state index contributed by atoms with van der Waals surface area (Å²) in [5.41, 5.74) is 5.92. The highest BCUT2D eigenvalue weighted by Crippen LogP contribution is 2.12. The van der Waals surface area contributed by atoms with Crippen LogP contribution in [0.2, 0.25) is 0 Å². The number of hydrogen-bond donors (Lipinski definition) is 1. The van der Waals surface area contributed by atoms with Gasteiger partial charge in [0.1, 0.15) is 0 Å². The fourth-order valence-electron chi connectivity index (χ4n) is 1.09. The molecule has 0 aliphatic rings. The molecule has 0 spiro atoms. The normalized spacial score (nSPS) is 9.05. The van der Waals surface area contributed by atoms with E-state index in [9.17, 15) is 13.2 Å². The summed E-state index contributed by atoms with van der Waals surface area (Å²) in [5.74, 6) is -2.43. The third kappa shape index (κ3) is 5.23. The van der Waals surface area contributed by atoms with Crippen molar-refractivity contribution in [2.24, 2.45) is 5.73 Å². The van der Waals surface area contributed by atoms with Crippen LogP contribution in [0.4, 0.5) is 13.2 Å². The van der Waals surface area contributed by atoms with Crippen molar-refractivity contribution in [2.75, 3.05) is 7.11 Å². The van der Waals surface area contributed by atoms with E-state index >= 15 is 0 Å². The lowest BCUT2D eigenvalue weighted by molar-refractivity contribution is 0.368. The van der Waals surface area contributed by atoms with Crippen molar-refractivity contribution in [2.45, 2.75) is 14.0 Å². The van der Waals surface area contributed by atoms with Crippen molar-refractivity contribution in [1.82, 2.24) is 9.97 Å². The van der Waals surface area contributed by atoms with Crippen LogP contribution in [0.1, 0.15) is 13.0 Å². The summed E-state index contributed by atoms with van der Waals surface area (Å²) in [6, 6.07) is 3.66. The van der Waals surface area contributed by atoms with Crippen LogP contribution in [0.25, 0.3) is 0 Å². The SMILES string of the molecule is C.COc1ncc(CN)cc1F.Fc1cccnc1F. The highest BCUT2D eigenvalue weighted by atomic mass is 19.2. The topological polar surface area (TPSA) is 61.0 Å². The molecule has 0 fully saturated rings. The Bertz CT molecular complexity index is 517. The van der Waals surface area contributed by atoms with Crippen LogP contribution in [0.3, 0.4) is 0 Å². The molecule has 0 saturated carbocycles.